The Hall–Kier alpha value is -2.39. The number of rotatable bonds is 5. The molecule has 7 heteroatoms. The van der Waals surface area contributed by atoms with Crippen molar-refractivity contribution in [2.45, 2.75) is 13.8 Å². The van der Waals surface area contributed by atoms with Crippen molar-refractivity contribution >= 4 is 61.2 Å². The molecule has 0 radical (unpaired) electrons. The smallest absolute Gasteiger partial charge is 0.262 e. The highest BCUT2D eigenvalue weighted by atomic mass is 127. The molecule has 4 rings (SSSR count). The van der Waals surface area contributed by atoms with E-state index in [1.807, 2.05) is 50.2 Å². The van der Waals surface area contributed by atoms with Gasteiger partial charge in [0.2, 0.25) is 5.89 Å². The lowest BCUT2D eigenvalue weighted by molar-refractivity contribution is -0.118. The highest BCUT2D eigenvalue weighted by molar-refractivity contribution is 14.1. The Balaban J connectivity index is 1.49. The van der Waals surface area contributed by atoms with Crippen LogP contribution in [0.2, 0.25) is 0 Å². The minimum atomic E-state index is -0.237. The zero-order chi connectivity index (χ0) is 21.3. The van der Waals surface area contributed by atoms with Gasteiger partial charge in [-0.1, -0.05) is 12.1 Å². The van der Waals surface area contributed by atoms with Crippen LogP contribution in [0.15, 0.2) is 63.5 Å². The number of carbonyl (C=O) groups is 1. The van der Waals surface area contributed by atoms with Crippen molar-refractivity contribution in [2.75, 3.05) is 11.9 Å². The monoisotopic (exact) mass is 576 g/mol. The number of benzene rings is 3. The van der Waals surface area contributed by atoms with Gasteiger partial charge in [0.15, 0.2) is 12.2 Å². The van der Waals surface area contributed by atoms with Crippen molar-refractivity contribution < 1.29 is 13.9 Å². The molecule has 0 aliphatic rings. The van der Waals surface area contributed by atoms with Crippen LogP contribution >= 0.6 is 38.5 Å². The fourth-order valence-corrected chi connectivity index (χ4v) is 3.91. The van der Waals surface area contributed by atoms with Crippen LogP contribution in [0.3, 0.4) is 0 Å². The Morgan fingerprint density at radius 1 is 1.17 bits per heavy atom. The van der Waals surface area contributed by atoms with Crippen molar-refractivity contribution in [3.63, 3.8) is 0 Å². The summed E-state index contributed by atoms with van der Waals surface area (Å²) >= 11 is 5.80. The number of amides is 1. The summed E-state index contributed by atoms with van der Waals surface area (Å²) in [5.41, 5.74) is 5.00. The topological polar surface area (TPSA) is 64.4 Å². The first kappa shape index (κ1) is 20.9. The quantitative estimate of drug-likeness (QED) is 0.276. The number of carbonyl (C=O) groups excluding carboxylic acids is 1. The molecular formula is C23H18BrIN2O3. The van der Waals surface area contributed by atoms with Crippen molar-refractivity contribution in [2.24, 2.45) is 0 Å². The summed E-state index contributed by atoms with van der Waals surface area (Å²) in [5, 5.41) is 2.85. The molecule has 0 unspecified atom stereocenters. The van der Waals surface area contributed by atoms with E-state index in [0.717, 1.165) is 24.7 Å². The second-order valence-corrected chi connectivity index (χ2v) is 8.96. The van der Waals surface area contributed by atoms with Gasteiger partial charge in [-0.25, -0.2) is 4.98 Å². The maximum atomic E-state index is 12.3. The molecule has 0 atom stereocenters. The first-order chi connectivity index (χ1) is 14.4. The molecule has 1 heterocycles. The molecule has 0 aliphatic heterocycles. The lowest BCUT2D eigenvalue weighted by Gasteiger charge is -2.11. The van der Waals surface area contributed by atoms with E-state index in [0.29, 0.717) is 28.4 Å². The average molecular weight is 577 g/mol. The third-order valence-electron chi connectivity index (χ3n) is 4.74. The average Bonchev–Trinajstić information content (AvgIpc) is 3.14. The number of oxazole rings is 1. The van der Waals surface area contributed by atoms with Crippen LogP contribution in [-0.4, -0.2) is 17.5 Å². The molecular weight excluding hydrogens is 559 g/mol. The molecule has 1 aromatic heterocycles. The second-order valence-electron chi connectivity index (χ2n) is 6.86. The standard InChI is InChI=1S/C23H18BrIN2O3/c1-13-4-3-5-20(14(13)2)29-12-22(28)26-16-7-9-21-19(11-16)27-23(30-21)17-10-15(25)6-8-18(17)24/h3-11H,12H2,1-2H3,(H,26,28). The summed E-state index contributed by atoms with van der Waals surface area (Å²) in [6.07, 6.45) is 0. The van der Waals surface area contributed by atoms with Crippen molar-refractivity contribution in [1.82, 2.24) is 4.98 Å². The van der Waals surface area contributed by atoms with E-state index in [4.69, 9.17) is 9.15 Å². The minimum Gasteiger partial charge on any atom is -0.483 e. The number of fused-ring (bicyclic) bond motifs is 1. The van der Waals surface area contributed by atoms with Crippen LogP contribution in [0.25, 0.3) is 22.6 Å². The molecule has 1 amide bonds. The highest BCUT2D eigenvalue weighted by Gasteiger charge is 2.13. The van der Waals surface area contributed by atoms with E-state index >= 15 is 0 Å². The van der Waals surface area contributed by atoms with Crippen LogP contribution in [0, 0.1) is 17.4 Å². The third-order valence-corrected chi connectivity index (χ3v) is 6.11. The SMILES string of the molecule is Cc1cccc(OCC(=O)Nc2ccc3oc(-c4cc(I)ccc4Br)nc3c2)c1C. The van der Waals surface area contributed by atoms with E-state index in [-0.39, 0.29) is 12.5 Å². The Bertz CT molecular complexity index is 1250. The molecule has 4 aromatic rings. The van der Waals surface area contributed by atoms with E-state index in [2.05, 4.69) is 48.8 Å². The largest absolute Gasteiger partial charge is 0.483 e. The first-order valence-electron chi connectivity index (χ1n) is 9.25. The molecule has 5 nitrogen and oxygen atoms in total. The van der Waals surface area contributed by atoms with E-state index in [1.165, 1.54) is 0 Å². The number of halogens is 2. The van der Waals surface area contributed by atoms with Crippen molar-refractivity contribution in [3.8, 4) is 17.2 Å². The molecule has 30 heavy (non-hydrogen) atoms. The normalized spacial score (nSPS) is 10.9. The Morgan fingerprint density at radius 3 is 2.83 bits per heavy atom. The maximum Gasteiger partial charge on any atom is 0.262 e. The van der Waals surface area contributed by atoms with Gasteiger partial charge >= 0.3 is 0 Å². The van der Waals surface area contributed by atoms with Crippen LogP contribution in [-0.2, 0) is 4.79 Å². The predicted octanol–water partition coefficient (Wildman–Crippen LogP) is 6.50. The van der Waals surface area contributed by atoms with Gasteiger partial charge in [-0.3, -0.25) is 4.79 Å². The lowest BCUT2D eigenvalue weighted by Crippen LogP contribution is -2.20. The Morgan fingerprint density at radius 2 is 2.00 bits per heavy atom. The Labute approximate surface area is 196 Å². The second kappa shape index (κ2) is 8.77. The summed E-state index contributed by atoms with van der Waals surface area (Å²) in [7, 11) is 0. The highest BCUT2D eigenvalue weighted by Crippen LogP contribution is 2.32. The van der Waals surface area contributed by atoms with Gasteiger partial charge in [-0.15, -0.1) is 0 Å². The molecule has 152 valence electrons. The summed E-state index contributed by atoms with van der Waals surface area (Å²) in [5.74, 6) is 1.00. The van der Waals surface area contributed by atoms with Crippen LogP contribution < -0.4 is 10.1 Å². The molecule has 0 bridgehead atoms. The fourth-order valence-electron chi connectivity index (χ4n) is 3.00. The molecule has 3 aromatic carbocycles. The van der Waals surface area contributed by atoms with E-state index in [9.17, 15) is 4.79 Å². The molecule has 0 saturated carbocycles. The zero-order valence-electron chi connectivity index (χ0n) is 16.3. The van der Waals surface area contributed by atoms with Crippen molar-refractivity contribution in [1.29, 1.82) is 0 Å². The van der Waals surface area contributed by atoms with Gasteiger partial charge in [-0.05, 0) is 106 Å². The number of aromatic nitrogens is 1. The lowest BCUT2D eigenvalue weighted by atomic mass is 10.1. The van der Waals surface area contributed by atoms with Gasteiger partial charge in [-0.2, -0.15) is 0 Å². The van der Waals surface area contributed by atoms with E-state index < -0.39 is 0 Å². The predicted molar refractivity (Wildman–Crippen MR) is 130 cm³/mol. The number of ether oxygens (including phenoxy) is 1. The van der Waals surface area contributed by atoms with Gasteiger partial charge in [0.25, 0.3) is 5.91 Å². The van der Waals surface area contributed by atoms with Gasteiger partial charge < -0.3 is 14.5 Å². The molecule has 0 fully saturated rings. The van der Waals surface area contributed by atoms with Crippen LogP contribution in [0.1, 0.15) is 11.1 Å². The minimum absolute atomic E-state index is 0.0677. The number of hydrogen-bond acceptors (Lipinski definition) is 4. The summed E-state index contributed by atoms with van der Waals surface area (Å²) in [6, 6.07) is 17.1. The van der Waals surface area contributed by atoms with Gasteiger partial charge in [0.05, 0.1) is 5.56 Å². The van der Waals surface area contributed by atoms with Gasteiger partial charge in [0.1, 0.15) is 11.3 Å². The third kappa shape index (κ3) is 4.52. The van der Waals surface area contributed by atoms with Crippen molar-refractivity contribution in [3.05, 3.63) is 73.8 Å². The van der Waals surface area contributed by atoms with E-state index in [1.54, 1.807) is 18.2 Å². The first-order valence-corrected chi connectivity index (χ1v) is 11.1. The maximum absolute atomic E-state index is 12.3. The molecule has 1 N–H and O–H groups in total. The molecule has 0 saturated heterocycles. The number of aryl methyl sites for hydroxylation is 1. The number of hydrogen-bond donors (Lipinski definition) is 1. The number of nitrogens with zero attached hydrogens (tertiary/aromatic N) is 1. The molecule has 0 spiro atoms. The summed E-state index contributed by atoms with van der Waals surface area (Å²) in [4.78, 5) is 16.9. The summed E-state index contributed by atoms with van der Waals surface area (Å²) < 4.78 is 13.6. The van der Waals surface area contributed by atoms with Crippen LogP contribution in [0.4, 0.5) is 5.69 Å². The van der Waals surface area contributed by atoms with Gasteiger partial charge in [0, 0.05) is 13.7 Å². The van der Waals surface area contributed by atoms with Crippen LogP contribution in [0.5, 0.6) is 5.75 Å². The number of anilines is 1. The fraction of sp³-hybridized carbons (Fsp3) is 0.130. The summed E-state index contributed by atoms with van der Waals surface area (Å²) in [6.45, 7) is 3.92. The number of nitrogens with one attached hydrogen (secondary N) is 1. The zero-order valence-corrected chi connectivity index (χ0v) is 20.1. The Kier molecular flexibility index (Phi) is 6.10. The molecule has 0 aliphatic carbocycles.